The second-order valence-corrected chi connectivity index (χ2v) is 7.44. The molecule has 0 bridgehead atoms. The van der Waals surface area contributed by atoms with Gasteiger partial charge in [0.1, 0.15) is 17.3 Å². The highest BCUT2D eigenvalue weighted by atomic mass is 19.1. The number of nitrogens with one attached hydrogen (secondary N) is 1. The highest BCUT2D eigenvalue weighted by Crippen LogP contribution is 2.31. The molecule has 0 aliphatic carbocycles. The van der Waals surface area contributed by atoms with Crippen LogP contribution in [0.5, 0.6) is 5.75 Å². The molecule has 0 atom stereocenters. The van der Waals surface area contributed by atoms with Gasteiger partial charge in [-0.25, -0.2) is 4.39 Å². The molecule has 0 aromatic heterocycles. The Morgan fingerprint density at radius 2 is 1.77 bits per heavy atom. The molecule has 0 saturated heterocycles. The Bertz CT molecular complexity index is 970. The van der Waals surface area contributed by atoms with Gasteiger partial charge in [0.2, 0.25) is 0 Å². The third-order valence-corrected chi connectivity index (χ3v) is 4.64. The lowest BCUT2D eigenvalue weighted by atomic mass is 10.0. The predicted molar refractivity (Wildman–Crippen MR) is 117 cm³/mol. The molecule has 2 aromatic carbocycles. The molecular weight excluding hydrogens is 399 g/mol. The minimum absolute atomic E-state index is 0.0132. The number of benzene rings is 2. The topological polar surface area (TPSA) is 67.9 Å². The van der Waals surface area contributed by atoms with Gasteiger partial charge in [-0.3, -0.25) is 14.5 Å². The average Bonchev–Trinajstić information content (AvgIpc) is 2.97. The number of imide groups is 1. The summed E-state index contributed by atoms with van der Waals surface area (Å²) in [6, 6.07) is 12.8. The van der Waals surface area contributed by atoms with E-state index in [0.717, 1.165) is 11.3 Å². The number of carbonyl (C=O) groups excluding carboxylic acids is 2. The normalized spacial score (nSPS) is 14.0. The standard InChI is InChI=1S/C24H27FN2O4/c1-4-13-31-20-10-8-17(9-11-20)21-22(26-19-7-5-6-18(25)15-19)24(29)27(23(21)28)12-14-30-16(2)3/h5-11,15-16,26H,4,12-14H2,1-3H3. The van der Waals surface area contributed by atoms with E-state index < -0.39 is 17.6 Å². The van der Waals surface area contributed by atoms with Crippen LogP contribution in [0.4, 0.5) is 10.1 Å². The molecule has 7 heteroatoms. The van der Waals surface area contributed by atoms with E-state index in [4.69, 9.17) is 9.47 Å². The molecular formula is C24H27FN2O4. The number of amides is 2. The predicted octanol–water partition coefficient (Wildman–Crippen LogP) is 4.23. The molecule has 6 nitrogen and oxygen atoms in total. The van der Waals surface area contributed by atoms with Crippen LogP contribution in [0.3, 0.4) is 0 Å². The van der Waals surface area contributed by atoms with E-state index in [0.29, 0.717) is 23.6 Å². The molecule has 1 heterocycles. The van der Waals surface area contributed by atoms with Gasteiger partial charge < -0.3 is 14.8 Å². The fourth-order valence-electron chi connectivity index (χ4n) is 3.19. The van der Waals surface area contributed by atoms with E-state index in [1.165, 1.54) is 18.2 Å². The van der Waals surface area contributed by atoms with Gasteiger partial charge >= 0.3 is 0 Å². The number of rotatable bonds is 10. The van der Waals surface area contributed by atoms with Crippen molar-refractivity contribution in [2.24, 2.45) is 0 Å². The summed E-state index contributed by atoms with van der Waals surface area (Å²) in [5.41, 5.74) is 1.31. The lowest BCUT2D eigenvalue weighted by Gasteiger charge is -2.16. The van der Waals surface area contributed by atoms with Gasteiger partial charge in [0.15, 0.2) is 0 Å². The first kappa shape index (κ1) is 22.5. The van der Waals surface area contributed by atoms with Crippen molar-refractivity contribution in [2.45, 2.75) is 33.3 Å². The van der Waals surface area contributed by atoms with Crippen molar-refractivity contribution < 1.29 is 23.5 Å². The maximum Gasteiger partial charge on any atom is 0.278 e. The molecule has 164 valence electrons. The largest absolute Gasteiger partial charge is 0.494 e. The van der Waals surface area contributed by atoms with E-state index in [-0.39, 0.29) is 30.5 Å². The van der Waals surface area contributed by atoms with Crippen molar-refractivity contribution in [3.05, 3.63) is 65.6 Å². The highest BCUT2D eigenvalue weighted by molar-refractivity contribution is 6.36. The molecule has 0 unspecified atom stereocenters. The first-order chi connectivity index (χ1) is 14.9. The van der Waals surface area contributed by atoms with E-state index in [9.17, 15) is 14.0 Å². The zero-order valence-electron chi connectivity index (χ0n) is 18.0. The van der Waals surface area contributed by atoms with Crippen molar-refractivity contribution in [3.63, 3.8) is 0 Å². The number of nitrogens with zero attached hydrogens (tertiary/aromatic N) is 1. The smallest absolute Gasteiger partial charge is 0.278 e. The van der Waals surface area contributed by atoms with Crippen molar-refractivity contribution >= 4 is 23.1 Å². The SMILES string of the molecule is CCCOc1ccc(C2=C(Nc3cccc(F)c3)C(=O)N(CCOC(C)C)C2=O)cc1. The molecule has 31 heavy (non-hydrogen) atoms. The molecule has 1 N–H and O–H groups in total. The summed E-state index contributed by atoms with van der Waals surface area (Å²) in [4.78, 5) is 27.4. The first-order valence-electron chi connectivity index (χ1n) is 10.4. The summed E-state index contributed by atoms with van der Waals surface area (Å²) in [7, 11) is 0. The molecule has 3 rings (SSSR count). The van der Waals surface area contributed by atoms with E-state index in [1.54, 1.807) is 30.3 Å². The molecule has 0 spiro atoms. The summed E-state index contributed by atoms with van der Waals surface area (Å²) in [5, 5.41) is 2.94. The second-order valence-electron chi connectivity index (χ2n) is 7.44. The van der Waals surface area contributed by atoms with Crippen LogP contribution < -0.4 is 10.1 Å². The summed E-state index contributed by atoms with van der Waals surface area (Å²) in [6.45, 7) is 6.75. The number of ether oxygens (including phenoxy) is 2. The van der Waals surface area contributed by atoms with Gasteiger partial charge in [-0.15, -0.1) is 0 Å². The first-order valence-corrected chi connectivity index (χ1v) is 10.4. The number of carbonyl (C=O) groups is 2. The fourth-order valence-corrected chi connectivity index (χ4v) is 3.19. The van der Waals surface area contributed by atoms with Gasteiger partial charge in [0.25, 0.3) is 11.8 Å². The Labute approximate surface area is 181 Å². The Kier molecular flexibility index (Phi) is 7.41. The monoisotopic (exact) mass is 426 g/mol. The number of halogens is 1. The van der Waals surface area contributed by atoms with Gasteiger partial charge in [0.05, 0.1) is 31.4 Å². The minimum atomic E-state index is -0.470. The van der Waals surface area contributed by atoms with E-state index in [1.807, 2.05) is 20.8 Å². The van der Waals surface area contributed by atoms with Crippen LogP contribution in [0.1, 0.15) is 32.8 Å². The van der Waals surface area contributed by atoms with Crippen LogP contribution in [-0.2, 0) is 14.3 Å². The minimum Gasteiger partial charge on any atom is -0.494 e. The van der Waals surface area contributed by atoms with Crippen LogP contribution in [0.25, 0.3) is 5.57 Å². The van der Waals surface area contributed by atoms with Crippen LogP contribution >= 0.6 is 0 Å². The number of anilines is 1. The maximum absolute atomic E-state index is 13.7. The molecule has 0 fully saturated rings. The lowest BCUT2D eigenvalue weighted by molar-refractivity contribution is -0.137. The zero-order valence-corrected chi connectivity index (χ0v) is 18.0. The van der Waals surface area contributed by atoms with Gasteiger partial charge in [-0.05, 0) is 56.2 Å². The third kappa shape index (κ3) is 5.49. The summed E-state index contributed by atoms with van der Waals surface area (Å²) in [5.74, 6) is -0.644. The molecule has 2 amide bonds. The summed E-state index contributed by atoms with van der Waals surface area (Å²) >= 11 is 0. The van der Waals surface area contributed by atoms with Crippen molar-refractivity contribution in [2.75, 3.05) is 25.1 Å². The molecule has 0 saturated carbocycles. The summed E-state index contributed by atoms with van der Waals surface area (Å²) in [6.07, 6.45) is 0.871. The van der Waals surface area contributed by atoms with Crippen LogP contribution in [-0.4, -0.2) is 42.6 Å². The van der Waals surface area contributed by atoms with Gasteiger partial charge in [-0.1, -0.05) is 25.1 Å². The molecule has 1 aliphatic heterocycles. The zero-order chi connectivity index (χ0) is 22.4. The Morgan fingerprint density at radius 1 is 1.03 bits per heavy atom. The maximum atomic E-state index is 13.7. The molecule has 1 aliphatic rings. The molecule has 2 aromatic rings. The van der Waals surface area contributed by atoms with E-state index in [2.05, 4.69) is 5.32 Å². The highest BCUT2D eigenvalue weighted by Gasteiger charge is 2.39. The third-order valence-electron chi connectivity index (χ3n) is 4.64. The number of hydrogen-bond donors (Lipinski definition) is 1. The average molecular weight is 426 g/mol. The van der Waals surface area contributed by atoms with Crippen molar-refractivity contribution in [1.29, 1.82) is 0 Å². The van der Waals surface area contributed by atoms with Crippen LogP contribution in [0.2, 0.25) is 0 Å². The Balaban J connectivity index is 1.92. The van der Waals surface area contributed by atoms with Crippen molar-refractivity contribution in [3.8, 4) is 5.75 Å². The lowest BCUT2D eigenvalue weighted by Crippen LogP contribution is -2.35. The molecule has 0 radical (unpaired) electrons. The van der Waals surface area contributed by atoms with E-state index >= 15 is 0 Å². The van der Waals surface area contributed by atoms with Crippen molar-refractivity contribution in [1.82, 2.24) is 4.90 Å². The summed E-state index contributed by atoms with van der Waals surface area (Å²) < 4.78 is 24.8. The van der Waals surface area contributed by atoms with Crippen LogP contribution in [0.15, 0.2) is 54.2 Å². The van der Waals surface area contributed by atoms with Gasteiger partial charge in [-0.2, -0.15) is 0 Å². The van der Waals surface area contributed by atoms with Crippen LogP contribution in [0, 0.1) is 5.82 Å². The second kappa shape index (κ2) is 10.2. The van der Waals surface area contributed by atoms with Gasteiger partial charge in [0, 0.05) is 5.69 Å². The Hall–Kier alpha value is -3.19. The fraction of sp³-hybridized carbons (Fsp3) is 0.333. The quantitative estimate of drug-likeness (QED) is 0.576. The number of hydrogen-bond acceptors (Lipinski definition) is 5. The Morgan fingerprint density at radius 3 is 2.42 bits per heavy atom.